The molecule has 0 amide bonds. The Balaban J connectivity index is 2.41. The zero-order chi connectivity index (χ0) is 12.4. The van der Waals surface area contributed by atoms with E-state index in [0.29, 0.717) is 12.2 Å². The van der Waals surface area contributed by atoms with Crippen LogP contribution >= 0.6 is 27.3 Å². The molecule has 0 aliphatic rings. The zero-order valence-corrected chi connectivity index (χ0v) is 11.9. The Morgan fingerprint density at radius 3 is 2.76 bits per heavy atom. The lowest BCUT2D eigenvalue weighted by molar-refractivity contribution is -0.116. The topological polar surface area (TPSA) is 42.9 Å². The van der Waals surface area contributed by atoms with Crippen LogP contribution in [0, 0.1) is 6.92 Å². The quantitative estimate of drug-likeness (QED) is 0.872. The predicted octanol–water partition coefficient (Wildman–Crippen LogP) is 3.41. The third kappa shape index (κ3) is 3.20. The molecule has 88 valence electrons. The van der Waals surface area contributed by atoms with Crippen molar-refractivity contribution in [3.8, 4) is 10.6 Å². The smallest absolute Gasteiger partial charge is 0.137 e. The third-order valence-corrected chi connectivity index (χ3v) is 3.84. The summed E-state index contributed by atoms with van der Waals surface area (Å²) < 4.78 is 1.04. The van der Waals surface area contributed by atoms with Gasteiger partial charge in [0, 0.05) is 15.5 Å². The second-order valence-corrected chi connectivity index (χ2v) is 5.65. The van der Waals surface area contributed by atoms with Crippen molar-refractivity contribution < 1.29 is 4.79 Å². The van der Waals surface area contributed by atoms with E-state index in [9.17, 15) is 4.79 Å². The normalized spacial score (nSPS) is 10.5. The second-order valence-electron chi connectivity index (χ2n) is 3.82. The number of carbonyl (C=O) groups is 1. The monoisotopic (exact) mass is 310 g/mol. The van der Waals surface area contributed by atoms with Crippen molar-refractivity contribution in [2.24, 2.45) is 0 Å². The molecule has 2 heterocycles. The Morgan fingerprint density at radius 2 is 2.18 bits per heavy atom. The number of halogens is 1. The van der Waals surface area contributed by atoms with Crippen molar-refractivity contribution in [1.82, 2.24) is 9.97 Å². The van der Waals surface area contributed by atoms with E-state index >= 15 is 0 Å². The van der Waals surface area contributed by atoms with E-state index in [1.54, 1.807) is 18.3 Å². The summed E-state index contributed by atoms with van der Waals surface area (Å²) in [5, 5.41) is 2.01. The van der Waals surface area contributed by atoms with Crippen LogP contribution in [0.4, 0.5) is 0 Å². The van der Waals surface area contributed by atoms with Crippen LogP contribution in [0.15, 0.2) is 22.0 Å². The zero-order valence-electron chi connectivity index (χ0n) is 9.53. The minimum absolute atomic E-state index is 0.0777. The summed E-state index contributed by atoms with van der Waals surface area (Å²) >= 11 is 5.04. The molecule has 0 fully saturated rings. The van der Waals surface area contributed by atoms with E-state index in [2.05, 4.69) is 25.9 Å². The molecular weight excluding hydrogens is 300 g/mol. The Morgan fingerprint density at radius 1 is 1.41 bits per heavy atom. The molecule has 2 aromatic rings. The van der Waals surface area contributed by atoms with Gasteiger partial charge in [0.15, 0.2) is 0 Å². The number of aryl methyl sites for hydroxylation is 1. The molecule has 0 N–H and O–H groups in total. The molecule has 2 rings (SSSR count). The number of nitrogens with zero attached hydrogens (tertiary/aromatic N) is 2. The van der Waals surface area contributed by atoms with Gasteiger partial charge in [-0.3, -0.25) is 4.79 Å². The first-order valence-electron chi connectivity index (χ1n) is 5.13. The fourth-order valence-corrected chi connectivity index (χ4v) is 2.89. The number of carbonyl (C=O) groups excluding carboxylic acids is 1. The van der Waals surface area contributed by atoms with Gasteiger partial charge in [0.1, 0.15) is 11.6 Å². The molecule has 17 heavy (non-hydrogen) atoms. The van der Waals surface area contributed by atoms with Crippen molar-refractivity contribution in [2.75, 3.05) is 0 Å². The molecule has 0 radical (unpaired) electrons. The average molecular weight is 311 g/mol. The van der Waals surface area contributed by atoms with Gasteiger partial charge in [-0.25, -0.2) is 9.97 Å². The van der Waals surface area contributed by atoms with Crippen LogP contribution in [0.5, 0.6) is 0 Å². The van der Waals surface area contributed by atoms with Crippen molar-refractivity contribution in [3.05, 3.63) is 33.5 Å². The second kappa shape index (κ2) is 5.06. The van der Waals surface area contributed by atoms with Gasteiger partial charge >= 0.3 is 0 Å². The summed E-state index contributed by atoms with van der Waals surface area (Å²) in [6.45, 7) is 3.46. The maximum Gasteiger partial charge on any atom is 0.137 e. The van der Waals surface area contributed by atoms with Gasteiger partial charge in [0.25, 0.3) is 0 Å². The van der Waals surface area contributed by atoms with Crippen LogP contribution in [0.3, 0.4) is 0 Å². The van der Waals surface area contributed by atoms with E-state index in [0.717, 1.165) is 20.7 Å². The summed E-state index contributed by atoms with van der Waals surface area (Å²) in [5.41, 5.74) is 1.76. The molecule has 0 aromatic carbocycles. The lowest BCUT2D eigenvalue weighted by Crippen LogP contribution is -2.04. The minimum atomic E-state index is 0.0777. The molecule has 0 atom stereocenters. The molecule has 0 unspecified atom stereocenters. The fraction of sp³-hybridized carbons (Fsp3) is 0.250. The first-order chi connectivity index (χ1) is 8.04. The Bertz CT molecular complexity index is 565. The van der Waals surface area contributed by atoms with E-state index in [4.69, 9.17) is 0 Å². The molecular formula is C12H11BrN2OS. The summed E-state index contributed by atoms with van der Waals surface area (Å²) in [6, 6.07) is 3.95. The van der Waals surface area contributed by atoms with E-state index in [-0.39, 0.29) is 5.78 Å². The number of hydrogen-bond donors (Lipinski definition) is 0. The highest BCUT2D eigenvalue weighted by Crippen LogP contribution is 2.28. The molecule has 0 aliphatic carbocycles. The lowest BCUT2D eigenvalue weighted by Gasteiger charge is -2.02. The fourth-order valence-electron chi connectivity index (χ4n) is 1.51. The highest BCUT2D eigenvalue weighted by molar-refractivity contribution is 9.10. The number of hydrogen-bond acceptors (Lipinski definition) is 4. The van der Waals surface area contributed by atoms with E-state index < -0.39 is 0 Å². The highest BCUT2D eigenvalue weighted by Gasteiger charge is 2.08. The molecule has 0 aliphatic heterocycles. The molecule has 3 nitrogen and oxygen atoms in total. The van der Waals surface area contributed by atoms with Crippen molar-refractivity contribution >= 4 is 33.0 Å². The first kappa shape index (κ1) is 12.4. The number of ketones is 1. The van der Waals surface area contributed by atoms with Crippen LogP contribution < -0.4 is 0 Å². The van der Waals surface area contributed by atoms with Crippen LogP contribution in [0.1, 0.15) is 18.4 Å². The number of rotatable bonds is 3. The maximum atomic E-state index is 11.1. The SMILES string of the molecule is CC(=O)Cc1nc(C)cc(-c2cc(Br)cs2)n1. The van der Waals surface area contributed by atoms with Gasteiger partial charge in [0.2, 0.25) is 0 Å². The van der Waals surface area contributed by atoms with Crippen molar-refractivity contribution in [1.29, 1.82) is 0 Å². The van der Waals surface area contributed by atoms with Crippen molar-refractivity contribution in [2.45, 2.75) is 20.3 Å². The predicted molar refractivity (Wildman–Crippen MR) is 72.2 cm³/mol. The van der Waals surface area contributed by atoms with Gasteiger partial charge in [0.05, 0.1) is 17.0 Å². The van der Waals surface area contributed by atoms with Crippen molar-refractivity contribution in [3.63, 3.8) is 0 Å². The Kier molecular flexibility index (Phi) is 3.69. The maximum absolute atomic E-state index is 11.1. The molecule has 0 bridgehead atoms. The van der Waals surface area contributed by atoms with Gasteiger partial charge in [-0.05, 0) is 41.9 Å². The minimum Gasteiger partial charge on any atom is -0.300 e. The van der Waals surface area contributed by atoms with Gasteiger partial charge in [-0.2, -0.15) is 0 Å². The van der Waals surface area contributed by atoms with Crippen LogP contribution in [-0.4, -0.2) is 15.8 Å². The molecule has 0 saturated carbocycles. The van der Waals surface area contributed by atoms with E-state index in [1.165, 1.54) is 0 Å². The number of Topliss-reactive ketones (excluding diaryl/α,β-unsaturated/α-hetero) is 1. The van der Waals surface area contributed by atoms with Crippen LogP contribution in [0.25, 0.3) is 10.6 Å². The molecule has 0 saturated heterocycles. The highest BCUT2D eigenvalue weighted by atomic mass is 79.9. The van der Waals surface area contributed by atoms with Crippen LogP contribution in [-0.2, 0) is 11.2 Å². The first-order valence-corrected chi connectivity index (χ1v) is 6.80. The lowest BCUT2D eigenvalue weighted by atomic mass is 10.2. The summed E-state index contributed by atoms with van der Waals surface area (Å²) in [5.74, 6) is 0.672. The summed E-state index contributed by atoms with van der Waals surface area (Å²) in [4.78, 5) is 20.8. The van der Waals surface area contributed by atoms with Gasteiger partial charge in [-0.15, -0.1) is 11.3 Å². The number of aromatic nitrogens is 2. The Labute approximate surface area is 112 Å². The van der Waals surface area contributed by atoms with E-state index in [1.807, 2.05) is 24.4 Å². The number of thiophene rings is 1. The largest absolute Gasteiger partial charge is 0.300 e. The molecule has 5 heteroatoms. The van der Waals surface area contributed by atoms with Gasteiger partial charge in [-0.1, -0.05) is 0 Å². The standard InChI is InChI=1S/C12H11BrN2OS/c1-7-3-10(11-5-9(13)6-17-11)15-12(14-7)4-8(2)16/h3,5-6H,4H2,1-2H3. The van der Waals surface area contributed by atoms with Gasteiger partial charge < -0.3 is 0 Å². The Hall–Kier alpha value is -1.07. The molecule has 2 aromatic heterocycles. The van der Waals surface area contributed by atoms with Crippen LogP contribution in [0.2, 0.25) is 0 Å². The summed E-state index contributed by atoms with van der Waals surface area (Å²) in [7, 11) is 0. The third-order valence-electron chi connectivity index (χ3n) is 2.13. The average Bonchev–Trinajstić information content (AvgIpc) is 2.62. The molecule has 0 spiro atoms. The summed E-state index contributed by atoms with van der Waals surface area (Å²) in [6.07, 6.45) is 0.293.